The molecule has 0 aliphatic rings. The van der Waals surface area contributed by atoms with Crippen LogP contribution in [0.5, 0.6) is 5.75 Å². The van der Waals surface area contributed by atoms with Crippen LogP contribution in [0.4, 0.5) is 0 Å². The molecule has 2 aromatic rings. The van der Waals surface area contributed by atoms with Crippen molar-refractivity contribution in [3.8, 4) is 5.75 Å². The number of hydrogen-bond donors (Lipinski definition) is 2. The van der Waals surface area contributed by atoms with Gasteiger partial charge in [0.2, 0.25) is 0 Å². The molecule has 1 aromatic carbocycles. The number of nitrogens with one attached hydrogen (secondary N) is 1. The zero-order valence-electron chi connectivity index (χ0n) is 9.30. The Labute approximate surface area is 103 Å². The van der Waals surface area contributed by atoms with Crippen LogP contribution in [-0.2, 0) is 6.54 Å². The molecule has 0 atom stereocenters. The number of phenols is 1. The first kappa shape index (κ1) is 11.6. The van der Waals surface area contributed by atoms with Crippen molar-refractivity contribution in [1.29, 1.82) is 0 Å². The van der Waals surface area contributed by atoms with Crippen molar-refractivity contribution < 1.29 is 9.90 Å². The number of aryl methyl sites for hydroxylation is 1. The molecule has 88 valence electrons. The first-order valence-electron chi connectivity index (χ1n) is 5.13. The van der Waals surface area contributed by atoms with Crippen molar-refractivity contribution in [3.05, 3.63) is 45.9 Å². The highest BCUT2D eigenvalue weighted by molar-refractivity contribution is 7.09. The van der Waals surface area contributed by atoms with E-state index in [0.29, 0.717) is 12.1 Å². The van der Waals surface area contributed by atoms with Crippen molar-refractivity contribution in [2.75, 3.05) is 0 Å². The average Bonchev–Trinajstić information content (AvgIpc) is 2.72. The third-order valence-electron chi connectivity index (χ3n) is 2.18. The van der Waals surface area contributed by atoms with Gasteiger partial charge < -0.3 is 10.4 Å². The van der Waals surface area contributed by atoms with E-state index in [-0.39, 0.29) is 11.7 Å². The second-order valence-electron chi connectivity index (χ2n) is 3.62. The lowest BCUT2D eigenvalue weighted by Crippen LogP contribution is -2.22. The Bertz CT molecular complexity index is 537. The Kier molecular flexibility index (Phi) is 3.39. The summed E-state index contributed by atoms with van der Waals surface area (Å²) in [6.07, 6.45) is 0. The number of carbonyl (C=O) groups excluding carboxylic acids is 1. The molecule has 0 saturated heterocycles. The van der Waals surface area contributed by atoms with Gasteiger partial charge in [-0.1, -0.05) is 6.07 Å². The molecule has 0 fully saturated rings. The summed E-state index contributed by atoms with van der Waals surface area (Å²) in [5.74, 6) is -0.128. The molecule has 0 unspecified atom stereocenters. The number of hydrogen-bond acceptors (Lipinski definition) is 4. The number of amides is 1. The Morgan fingerprint density at radius 3 is 3.00 bits per heavy atom. The van der Waals surface area contributed by atoms with Crippen LogP contribution < -0.4 is 5.32 Å². The summed E-state index contributed by atoms with van der Waals surface area (Å²) < 4.78 is 0. The van der Waals surface area contributed by atoms with Crippen molar-refractivity contribution >= 4 is 17.2 Å². The lowest BCUT2D eigenvalue weighted by molar-refractivity contribution is 0.0950. The van der Waals surface area contributed by atoms with E-state index < -0.39 is 0 Å². The molecule has 2 N–H and O–H groups in total. The third-order valence-corrected chi connectivity index (χ3v) is 3.14. The number of thiazole rings is 1. The van der Waals surface area contributed by atoms with Crippen LogP contribution >= 0.6 is 11.3 Å². The van der Waals surface area contributed by atoms with E-state index in [2.05, 4.69) is 10.3 Å². The van der Waals surface area contributed by atoms with E-state index in [1.165, 1.54) is 23.5 Å². The van der Waals surface area contributed by atoms with Gasteiger partial charge in [0.25, 0.3) is 5.91 Å². The first-order chi connectivity index (χ1) is 8.15. The maximum Gasteiger partial charge on any atom is 0.251 e. The predicted molar refractivity (Wildman–Crippen MR) is 66.1 cm³/mol. The SMILES string of the molecule is Cc1csc(CNC(=O)c2cccc(O)c2)n1. The van der Waals surface area contributed by atoms with E-state index in [0.717, 1.165) is 10.7 Å². The molecular formula is C12H12N2O2S. The summed E-state index contributed by atoms with van der Waals surface area (Å²) in [6.45, 7) is 2.32. The number of phenolic OH excluding ortho intramolecular Hbond substituents is 1. The summed E-state index contributed by atoms with van der Waals surface area (Å²) in [5, 5.41) is 14.8. The van der Waals surface area contributed by atoms with Crippen LogP contribution in [0.25, 0.3) is 0 Å². The quantitative estimate of drug-likeness (QED) is 0.874. The molecule has 1 heterocycles. The van der Waals surface area contributed by atoms with Crippen LogP contribution in [0.15, 0.2) is 29.6 Å². The molecular weight excluding hydrogens is 236 g/mol. The normalized spacial score (nSPS) is 10.2. The molecule has 4 nitrogen and oxygen atoms in total. The van der Waals surface area contributed by atoms with Gasteiger partial charge in [0, 0.05) is 16.6 Å². The van der Waals surface area contributed by atoms with Gasteiger partial charge in [-0.3, -0.25) is 4.79 Å². The summed E-state index contributed by atoms with van der Waals surface area (Å²) >= 11 is 1.51. The fourth-order valence-electron chi connectivity index (χ4n) is 1.39. The Hall–Kier alpha value is -1.88. The summed E-state index contributed by atoms with van der Waals surface area (Å²) in [5.41, 5.74) is 1.40. The minimum Gasteiger partial charge on any atom is -0.508 e. The number of rotatable bonds is 3. The van der Waals surface area contributed by atoms with Crippen LogP contribution in [0.1, 0.15) is 21.1 Å². The lowest BCUT2D eigenvalue weighted by atomic mass is 10.2. The zero-order chi connectivity index (χ0) is 12.3. The molecule has 1 aromatic heterocycles. The van der Waals surface area contributed by atoms with Gasteiger partial charge in [0.15, 0.2) is 0 Å². The number of aromatic hydroxyl groups is 1. The molecule has 1 amide bonds. The number of benzene rings is 1. The van der Waals surface area contributed by atoms with E-state index >= 15 is 0 Å². The Morgan fingerprint density at radius 1 is 1.53 bits per heavy atom. The molecule has 0 saturated carbocycles. The standard InChI is InChI=1S/C12H12N2O2S/c1-8-7-17-11(14-8)6-13-12(16)9-3-2-4-10(15)5-9/h2-5,7,15H,6H2,1H3,(H,13,16). The molecule has 0 bridgehead atoms. The third kappa shape index (κ3) is 3.04. The molecule has 17 heavy (non-hydrogen) atoms. The fraction of sp³-hybridized carbons (Fsp3) is 0.167. The number of carbonyl (C=O) groups is 1. The summed E-state index contributed by atoms with van der Waals surface area (Å²) in [4.78, 5) is 16.0. The second-order valence-corrected chi connectivity index (χ2v) is 4.56. The monoisotopic (exact) mass is 248 g/mol. The van der Waals surface area contributed by atoms with Crippen molar-refractivity contribution in [1.82, 2.24) is 10.3 Å². The number of aromatic nitrogens is 1. The first-order valence-corrected chi connectivity index (χ1v) is 6.01. The average molecular weight is 248 g/mol. The van der Waals surface area contributed by atoms with Crippen LogP contribution in [-0.4, -0.2) is 16.0 Å². The molecule has 0 radical (unpaired) electrons. The van der Waals surface area contributed by atoms with Crippen molar-refractivity contribution in [3.63, 3.8) is 0 Å². The van der Waals surface area contributed by atoms with E-state index in [9.17, 15) is 9.90 Å². The Morgan fingerprint density at radius 2 is 2.35 bits per heavy atom. The van der Waals surface area contributed by atoms with Gasteiger partial charge in [0.05, 0.1) is 6.54 Å². The smallest absolute Gasteiger partial charge is 0.251 e. The van der Waals surface area contributed by atoms with E-state index in [1.54, 1.807) is 12.1 Å². The topological polar surface area (TPSA) is 62.2 Å². The van der Waals surface area contributed by atoms with Crippen LogP contribution in [0, 0.1) is 6.92 Å². The lowest BCUT2D eigenvalue weighted by Gasteiger charge is -2.03. The molecule has 0 spiro atoms. The minimum absolute atomic E-state index is 0.0859. The summed E-state index contributed by atoms with van der Waals surface area (Å²) in [6, 6.07) is 6.25. The van der Waals surface area contributed by atoms with Gasteiger partial charge in [0.1, 0.15) is 10.8 Å². The largest absolute Gasteiger partial charge is 0.508 e. The predicted octanol–water partition coefficient (Wildman–Crippen LogP) is 2.09. The van der Waals surface area contributed by atoms with Gasteiger partial charge in [-0.25, -0.2) is 4.98 Å². The highest BCUT2D eigenvalue weighted by Crippen LogP contribution is 2.12. The zero-order valence-corrected chi connectivity index (χ0v) is 10.1. The van der Waals surface area contributed by atoms with Gasteiger partial charge >= 0.3 is 0 Å². The van der Waals surface area contributed by atoms with Crippen LogP contribution in [0.2, 0.25) is 0 Å². The van der Waals surface area contributed by atoms with Gasteiger partial charge in [-0.15, -0.1) is 11.3 Å². The minimum atomic E-state index is -0.214. The summed E-state index contributed by atoms with van der Waals surface area (Å²) in [7, 11) is 0. The number of nitrogens with zero attached hydrogens (tertiary/aromatic N) is 1. The second kappa shape index (κ2) is 4.97. The van der Waals surface area contributed by atoms with E-state index in [4.69, 9.17) is 0 Å². The highest BCUT2D eigenvalue weighted by atomic mass is 32.1. The molecule has 5 heteroatoms. The molecule has 0 aliphatic heterocycles. The fourth-order valence-corrected chi connectivity index (χ4v) is 2.10. The molecule has 2 rings (SSSR count). The van der Waals surface area contributed by atoms with Crippen molar-refractivity contribution in [2.45, 2.75) is 13.5 Å². The molecule has 0 aliphatic carbocycles. The maximum absolute atomic E-state index is 11.7. The van der Waals surface area contributed by atoms with Gasteiger partial charge in [-0.2, -0.15) is 0 Å². The maximum atomic E-state index is 11.7. The van der Waals surface area contributed by atoms with Crippen molar-refractivity contribution in [2.24, 2.45) is 0 Å². The highest BCUT2D eigenvalue weighted by Gasteiger charge is 2.06. The van der Waals surface area contributed by atoms with Gasteiger partial charge in [-0.05, 0) is 25.1 Å². The van der Waals surface area contributed by atoms with Crippen LogP contribution in [0.3, 0.4) is 0 Å². The van der Waals surface area contributed by atoms with E-state index in [1.807, 2.05) is 12.3 Å². The Balaban J connectivity index is 1.98.